The molecule has 0 spiro atoms. The molecule has 0 saturated carbocycles. The molecule has 1 amide bonds. The number of hydrogen-bond donors (Lipinski definition) is 2. The van der Waals surface area contributed by atoms with Crippen molar-refractivity contribution in [3.63, 3.8) is 0 Å². The van der Waals surface area contributed by atoms with Gasteiger partial charge in [0.1, 0.15) is 6.61 Å². The third kappa shape index (κ3) is 5.48. The Labute approximate surface area is 127 Å². The monoisotopic (exact) mass is 290 g/mol. The van der Waals surface area contributed by atoms with Crippen LogP contribution in [0.25, 0.3) is 0 Å². The molecule has 2 rings (SSSR count). The molecular weight excluding hydrogens is 264 g/mol. The third-order valence-electron chi connectivity index (χ3n) is 3.87. The van der Waals surface area contributed by atoms with Gasteiger partial charge in [-0.15, -0.1) is 0 Å². The second-order valence-electron chi connectivity index (χ2n) is 5.93. The van der Waals surface area contributed by atoms with Crippen LogP contribution in [-0.2, 0) is 16.1 Å². The number of benzene rings is 1. The minimum absolute atomic E-state index is 0.0403. The lowest BCUT2D eigenvalue weighted by Gasteiger charge is -2.22. The normalized spacial score (nSPS) is 16.1. The summed E-state index contributed by atoms with van der Waals surface area (Å²) < 4.78 is 5.63. The average Bonchev–Trinajstić information content (AvgIpc) is 2.52. The summed E-state index contributed by atoms with van der Waals surface area (Å²) in [4.78, 5) is 11.8. The Balaban J connectivity index is 1.68. The number of ether oxygens (including phenoxy) is 1. The molecule has 4 nitrogen and oxygen atoms in total. The highest BCUT2D eigenvalue weighted by Crippen LogP contribution is 2.14. The second-order valence-corrected chi connectivity index (χ2v) is 5.93. The molecule has 2 N–H and O–H groups in total. The van der Waals surface area contributed by atoms with E-state index in [1.165, 1.54) is 5.56 Å². The van der Waals surface area contributed by atoms with E-state index in [4.69, 9.17) is 4.74 Å². The van der Waals surface area contributed by atoms with E-state index >= 15 is 0 Å². The van der Waals surface area contributed by atoms with Crippen LogP contribution in [0.5, 0.6) is 0 Å². The van der Waals surface area contributed by atoms with Crippen molar-refractivity contribution < 1.29 is 9.53 Å². The highest BCUT2D eigenvalue weighted by atomic mass is 16.5. The summed E-state index contributed by atoms with van der Waals surface area (Å²) in [6.07, 6.45) is 2.20. The first-order valence-electron chi connectivity index (χ1n) is 7.83. The van der Waals surface area contributed by atoms with E-state index in [9.17, 15) is 4.79 Å². The lowest BCUT2D eigenvalue weighted by Crippen LogP contribution is -2.35. The SMILES string of the molecule is CC(C)c1ccc(CNC(=O)COC2CCNCC2)cc1. The summed E-state index contributed by atoms with van der Waals surface area (Å²) in [7, 11) is 0. The molecule has 0 unspecified atom stereocenters. The molecule has 1 aromatic rings. The van der Waals surface area contributed by atoms with Crippen molar-refractivity contribution in [2.45, 2.75) is 45.3 Å². The highest BCUT2D eigenvalue weighted by molar-refractivity contribution is 5.77. The van der Waals surface area contributed by atoms with Crippen molar-refractivity contribution in [2.24, 2.45) is 0 Å². The Morgan fingerprint density at radius 1 is 1.29 bits per heavy atom. The standard InChI is InChI=1S/C17H26N2O2/c1-13(2)15-5-3-14(4-6-15)11-19-17(20)12-21-16-7-9-18-10-8-16/h3-6,13,16,18H,7-12H2,1-2H3,(H,19,20). The fourth-order valence-electron chi connectivity index (χ4n) is 2.43. The lowest BCUT2D eigenvalue weighted by atomic mass is 10.0. The van der Waals surface area contributed by atoms with E-state index in [1.54, 1.807) is 0 Å². The maximum atomic E-state index is 11.8. The number of nitrogens with one attached hydrogen (secondary N) is 2. The Bertz CT molecular complexity index is 437. The van der Waals surface area contributed by atoms with Crippen molar-refractivity contribution in [3.8, 4) is 0 Å². The number of carbonyl (C=O) groups excluding carboxylic acids is 1. The predicted octanol–water partition coefficient (Wildman–Crippen LogP) is 2.19. The van der Waals surface area contributed by atoms with Gasteiger partial charge in [0.2, 0.25) is 5.91 Å². The molecule has 0 aromatic heterocycles. The van der Waals surface area contributed by atoms with Gasteiger partial charge in [0, 0.05) is 6.54 Å². The molecule has 1 heterocycles. The van der Waals surface area contributed by atoms with Crippen molar-refractivity contribution in [2.75, 3.05) is 19.7 Å². The van der Waals surface area contributed by atoms with E-state index in [0.717, 1.165) is 31.5 Å². The molecule has 116 valence electrons. The Morgan fingerprint density at radius 3 is 2.57 bits per heavy atom. The van der Waals surface area contributed by atoms with Crippen LogP contribution in [0.3, 0.4) is 0 Å². The Morgan fingerprint density at radius 2 is 1.95 bits per heavy atom. The van der Waals surface area contributed by atoms with E-state index in [0.29, 0.717) is 12.5 Å². The highest BCUT2D eigenvalue weighted by Gasteiger charge is 2.14. The summed E-state index contributed by atoms with van der Waals surface area (Å²) >= 11 is 0. The van der Waals surface area contributed by atoms with Crippen LogP contribution >= 0.6 is 0 Å². The van der Waals surface area contributed by atoms with Gasteiger partial charge in [-0.3, -0.25) is 4.79 Å². The van der Waals surface area contributed by atoms with Crippen LogP contribution in [0.15, 0.2) is 24.3 Å². The molecule has 1 aliphatic heterocycles. The van der Waals surface area contributed by atoms with Crippen LogP contribution in [-0.4, -0.2) is 31.7 Å². The molecule has 1 saturated heterocycles. The molecule has 1 fully saturated rings. The molecule has 1 aliphatic rings. The van der Waals surface area contributed by atoms with Crippen LogP contribution in [0, 0.1) is 0 Å². The number of hydrogen-bond acceptors (Lipinski definition) is 3. The topological polar surface area (TPSA) is 50.4 Å². The van der Waals surface area contributed by atoms with Gasteiger partial charge in [0.25, 0.3) is 0 Å². The fourth-order valence-corrected chi connectivity index (χ4v) is 2.43. The Kier molecular flexibility index (Phi) is 6.21. The molecule has 0 atom stereocenters. The summed E-state index contributed by atoms with van der Waals surface area (Å²) in [5.41, 5.74) is 2.44. The van der Waals surface area contributed by atoms with Crippen LogP contribution < -0.4 is 10.6 Å². The molecule has 0 bridgehead atoms. The molecule has 0 radical (unpaired) electrons. The zero-order chi connectivity index (χ0) is 15.1. The van der Waals surface area contributed by atoms with E-state index in [-0.39, 0.29) is 18.6 Å². The maximum absolute atomic E-state index is 11.8. The first kappa shape index (κ1) is 16.0. The first-order chi connectivity index (χ1) is 10.1. The molecular formula is C17H26N2O2. The minimum Gasteiger partial charge on any atom is -0.368 e. The van der Waals surface area contributed by atoms with E-state index in [2.05, 4.69) is 48.7 Å². The van der Waals surface area contributed by atoms with Gasteiger partial charge in [-0.05, 0) is 43.0 Å². The van der Waals surface area contributed by atoms with Crippen LogP contribution in [0.4, 0.5) is 0 Å². The van der Waals surface area contributed by atoms with Gasteiger partial charge in [0.15, 0.2) is 0 Å². The van der Waals surface area contributed by atoms with Gasteiger partial charge >= 0.3 is 0 Å². The fraction of sp³-hybridized carbons (Fsp3) is 0.588. The maximum Gasteiger partial charge on any atom is 0.246 e. The molecule has 21 heavy (non-hydrogen) atoms. The number of carbonyl (C=O) groups is 1. The second kappa shape index (κ2) is 8.15. The smallest absolute Gasteiger partial charge is 0.246 e. The summed E-state index contributed by atoms with van der Waals surface area (Å²) in [5, 5.41) is 6.19. The quantitative estimate of drug-likeness (QED) is 0.844. The van der Waals surface area contributed by atoms with E-state index in [1.807, 2.05) is 0 Å². The van der Waals surface area contributed by atoms with Gasteiger partial charge in [-0.2, -0.15) is 0 Å². The van der Waals surface area contributed by atoms with Crippen LogP contribution in [0.2, 0.25) is 0 Å². The zero-order valence-corrected chi connectivity index (χ0v) is 13.0. The summed E-state index contributed by atoms with van der Waals surface area (Å²) in [6.45, 7) is 7.04. The van der Waals surface area contributed by atoms with Crippen molar-refractivity contribution in [1.82, 2.24) is 10.6 Å². The van der Waals surface area contributed by atoms with Gasteiger partial charge in [-0.1, -0.05) is 38.1 Å². The number of amides is 1. The number of rotatable bonds is 6. The van der Waals surface area contributed by atoms with Crippen molar-refractivity contribution in [1.29, 1.82) is 0 Å². The largest absolute Gasteiger partial charge is 0.368 e. The van der Waals surface area contributed by atoms with E-state index < -0.39 is 0 Å². The zero-order valence-electron chi connectivity index (χ0n) is 13.0. The first-order valence-corrected chi connectivity index (χ1v) is 7.83. The van der Waals surface area contributed by atoms with Gasteiger partial charge in [-0.25, -0.2) is 0 Å². The van der Waals surface area contributed by atoms with Gasteiger partial charge in [0.05, 0.1) is 6.10 Å². The van der Waals surface area contributed by atoms with Crippen molar-refractivity contribution >= 4 is 5.91 Å². The van der Waals surface area contributed by atoms with Crippen molar-refractivity contribution in [3.05, 3.63) is 35.4 Å². The minimum atomic E-state index is -0.0403. The molecule has 1 aromatic carbocycles. The summed E-state index contributed by atoms with van der Waals surface area (Å²) in [6, 6.07) is 8.39. The predicted molar refractivity (Wildman–Crippen MR) is 84.2 cm³/mol. The molecule has 4 heteroatoms. The average molecular weight is 290 g/mol. The lowest BCUT2D eigenvalue weighted by molar-refractivity contribution is -0.128. The van der Waals surface area contributed by atoms with Gasteiger partial charge < -0.3 is 15.4 Å². The third-order valence-corrected chi connectivity index (χ3v) is 3.87. The van der Waals surface area contributed by atoms with Crippen LogP contribution in [0.1, 0.15) is 43.7 Å². The number of piperidine rings is 1. The summed E-state index contributed by atoms with van der Waals surface area (Å²) in [5.74, 6) is 0.494. The Hall–Kier alpha value is -1.39. The molecule has 0 aliphatic carbocycles.